The zero-order chi connectivity index (χ0) is 12.1. The summed E-state index contributed by atoms with van der Waals surface area (Å²) < 4.78 is 0.876. The Morgan fingerprint density at radius 1 is 1.19 bits per heavy atom. The maximum absolute atomic E-state index is 10.7. The Morgan fingerprint density at radius 2 is 1.75 bits per heavy atom. The zero-order valence-electron chi connectivity index (χ0n) is 8.31. The maximum Gasteiger partial charge on any atom is 0.0452 e. The number of carbonyl (C=O) groups is 2. The predicted molar refractivity (Wildman–Crippen MR) is 56.0 cm³/mol. The average Bonchev–Trinajstić information content (AvgIpc) is 2.19. The van der Waals surface area contributed by atoms with Crippen LogP contribution in [0.5, 0.6) is 0 Å². The van der Waals surface area contributed by atoms with Crippen molar-refractivity contribution in [3.05, 3.63) is 34.3 Å². The summed E-state index contributed by atoms with van der Waals surface area (Å²) in [7, 11) is 0. The lowest BCUT2D eigenvalue weighted by Crippen LogP contribution is -2.37. The molecule has 1 aromatic rings. The highest BCUT2D eigenvalue weighted by Crippen LogP contribution is 2.15. The monoisotopic (exact) mass is 284 g/mol. The standard InChI is InChI=1S/C11H11BrO4/c12-9-3-1-7(2-4-9)5-8(11(15)16)6-10(13)14/h1-4,8H,5-6H2,(H,13,14)(H,15,16)/p-2/t8-/m0/s1. The van der Waals surface area contributed by atoms with Crippen molar-refractivity contribution in [2.45, 2.75) is 12.8 Å². The highest BCUT2D eigenvalue weighted by Gasteiger charge is 2.11. The number of aliphatic carboxylic acids is 2. The molecule has 0 aliphatic heterocycles. The van der Waals surface area contributed by atoms with Crippen LogP contribution in [0.3, 0.4) is 0 Å². The van der Waals surface area contributed by atoms with Crippen molar-refractivity contribution < 1.29 is 19.8 Å². The molecule has 1 rings (SSSR count). The Kier molecular flexibility index (Phi) is 4.49. The van der Waals surface area contributed by atoms with Crippen LogP contribution in [0.2, 0.25) is 0 Å². The third kappa shape index (κ3) is 4.02. The number of hydrogen-bond acceptors (Lipinski definition) is 4. The number of halogens is 1. The third-order valence-corrected chi connectivity index (χ3v) is 2.67. The fourth-order valence-corrected chi connectivity index (χ4v) is 1.61. The van der Waals surface area contributed by atoms with Gasteiger partial charge in [-0.05, 0) is 30.5 Å². The molecule has 0 aliphatic rings. The fraction of sp³-hybridized carbons (Fsp3) is 0.273. The van der Waals surface area contributed by atoms with Crippen LogP contribution in [0.4, 0.5) is 0 Å². The van der Waals surface area contributed by atoms with Gasteiger partial charge in [-0.15, -0.1) is 0 Å². The largest absolute Gasteiger partial charge is 0.550 e. The van der Waals surface area contributed by atoms with E-state index in [4.69, 9.17) is 0 Å². The van der Waals surface area contributed by atoms with E-state index in [1.54, 1.807) is 24.3 Å². The first-order valence-electron chi connectivity index (χ1n) is 4.64. The van der Waals surface area contributed by atoms with E-state index in [1.807, 2.05) is 0 Å². The van der Waals surface area contributed by atoms with Gasteiger partial charge in [0.1, 0.15) is 0 Å². The molecule has 0 saturated carbocycles. The van der Waals surface area contributed by atoms with Crippen molar-refractivity contribution in [3.8, 4) is 0 Å². The second-order valence-corrected chi connectivity index (χ2v) is 4.34. The first-order valence-corrected chi connectivity index (χ1v) is 5.43. The summed E-state index contributed by atoms with van der Waals surface area (Å²) in [4.78, 5) is 21.0. The minimum atomic E-state index is -1.38. The first-order chi connectivity index (χ1) is 7.49. The summed E-state index contributed by atoms with van der Waals surface area (Å²) in [5.74, 6) is -3.80. The van der Waals surface area contributed by atoms with Gasteiger partial charge in [0.15, 0.2) is 0 Å². The molecule has 86 valence electrons. The molecule has 1 aromatic carbocycles. The van der Waals surface area contributed by atoms with E-state index in [9.17, 15) is 19.8 Å². The Balaban J connectivity index is 2.71. The second kappa shape index (κ2) is 5.65. The molecule has 5 heteroatoms. The average molecular weight is 285 g/mol. The molecule has 0 unspecified atom stereocenters. The van der Waals surface area contributed by atoms with Gasteiger partial charge in [0.25, 0.3) is 0 Å². The molecule has 0 N–H and O–H groups in total. The van der Waals surface area contributed by atoms with Crippen LogP contribution < -0.4 is 10.2 Å². The number of hydrogen-bond donors (Lipinski definition) is 0. The van der Waals surface area contributed by atoms with Gasteiger partial charge in [0.2, 0.25) is 0 Å². The molecule has 0 fully saturated rings. The molecule has 0 aliphatic carbocycles. The number of carboxylic acids is 2. The molecule has 0 heterocycles. The second-order valence-electron chi connectivity index (χ2n) is 3.42. The smallest absolute Gasteiger partial charge is 0.0452 e. The predicted octanol–water partition coefficient (Wildman–Crippen LogP) is -0.502. The molecule has 0 saturated heterocycles. The van der Waals surface area contributed by atoms with Crippen LogP contribution in [-0.4, -0.2) is 11.9 Å². The topological polar surface area (TPSA) is 80.3 Å². The van der Waals surface area contributed by atoms with Gasteiger partial charge in [-0.25, -0.2) is 0 Å². The zero-order valence-corrected chi connectivity index (χ0v) is 9.90. The molecule has 0 bridgehead atoms. The molecular formula is C11H9BrO4-2. The van der Waals surface area contributed by atoms with E-state index in [0.29, 0.717) is 0 Å². The Labute approximate surface area is 101 Å². The van der Waals surface area contributed by atoms with Gasteiger partial charge in [-0.1, -0.05) is 28.1 Å². The van der Waals surface area contributed by atoms with E-state index in [2.05, 4.69) is 15.9 Å². The molecule has 16 heavy (non-hydrogen) atoms. The molecular weight excluding hydrogens is 276 g/mol. The van der Waals surface area contributed by atoms with Crippen molar-refractivity contribution >= 4 is 27.9 Å². The third-order valence-electron chi connectivity index (χ3n) is 2.14. The summed E-state index contributed by atoms with van der Waals surface area (Å²) >= 11 is 3.25. The van der Waals surface area contributed by atoms with Crippen molar-refractivity contribution in [2.75, 3.05) is 0 Å². The highest BCUT2D eigenvalue weighted by atomic mass is 79.9. The van der Waals surface area contributed by atoms with Crippen LogP contribution in [-0.2, 0) is 16.0 Å². The van der Waals surface area contributed by atoms with E-state index in [1.165, 1.54) is 0 Å². The van der Waals surface area contributed by atoms with Gasteiger partial charge in [0, 0.05) is 22.3 Å². The number of carbonyl (C=O) groups excluding carboxylic acids is 2. The number of rotatable bonds is 5. The lowest BCUT2D eigenvalue weighted by atomic mass is 9.96. The number of benzene rings is 1. The van der Waals surface area contributed by atoms with Crippen LogP contribution in [0.15, 0.2) is 28.7 Å². The summed E-state index contributed by atoms with van der Waals surface area (Å²) in [6.07, 6.45) is -0.401. The van der Waals surface area contributed by atoms with Gasteiger partial charge in [0.05, 0.1) is 0 Å². The molecule has 4 nitrogen and oxygen atoms in total. The number of carboxylic acid groups (broad SMARTS) is 2. The molecule has 0 spiro atoms. The van der Waals surface area contributed by atoms with E-state index in [0.717, 1.165) is 10.0 Å². The summed E-state index contributed by atoms with van der Waals surface area (Å²) in [6.45, 7) is 0. The summed E-state index contributed by atoms with van der Waals surface area (Å²) in [6, 6.07) is 6.99. The van der Waals surface area contributed by atoms with Crippen molar-refractivity contribution in [1.82, 2.24) is 0 Å². The van der Waals surface area contributed by atoms with E-state index in [-0.39, 0.29) is 6.42 Å². The minimum absolute atomic E-state index is 0.129. The van der Waals surface area contributed by atoms with Gasteiger partial charge >= 0.3 is 0 Å². The minimum Gasteiger partial charge on any atom is -0.550 e. The van der Waals surface area contributed by atoms with E-state index < -0.39 is 24.3 Å². The summed E-state index contributed by atoms with van der Waals surface area (Å²) in [5.41, 5.74) is 0.749. The van der Waals surface area contributed by atoms with Gasteiger partial charge < -0.3 is 19.8 Å². The SMILES string of the molecule is O=C([O-])C[C@H](Cc1ccc(Br)cc1)C(=O)[O-]. The van der Waals surface area contributed by atoms with Gasteiger partial charge in [-0.3, -0.25) is 0 Å². The Bertz CT molecular complexity index is 385. The fourth-order valence-electron chi connectivity index (χ4n) is 1.35. The Morgan fingerprint density at radius 3 is 2.19 bits per heavy atom. The van der Waals surface area contributed by atoms with Crippen molar-refractivity contribution in [3.63, 3.8) is 0 Å². The molecule has 0 aromatic heterocycles. The normalized spacial score (nSPS) is 12.1. The van der Waals surface area contributed by atoms with Crippen molar-refractivity contribution in [1.29, 1.82) is 0 Å². The Hall–Kier alpha value is -1.36. The molecule has 1 atom stereocenters. The van der Waals surface area contributed by atoms with Crippen LogP contribution in [0, 0.1) is 5.92 Å². The highest BCUT2D eigenvalue weighted by molar-refractivity contribution is 9.10. The van der Waals surface area contributed by atoms with Crippen LogP contribution in [0.1, 0.15) is 12.0 Å². The lowest BCUT2D eigenvalue weighted by molar-refractivity contribution is -0.320. The van der Waals surface area contributed by atoms with E-state index >= 15 is 0 Å². The van der Waals surface area contributed by atoms with Crippen LogP contribution in [0.25, 0.3) is 0 Å². The maximum atomic E-state index is 10.7. The first kappa shape index (κ1) is 12.7. The molecule has 0 radical (unpaired) electrons. The summed E-state index contributed by atoms with van der Waals surface area (Å²) in [5, 5.41) is 21.0. The van der Waals surface area contributed by atoms with Gasteiger partial charge in [-0.2, -0.15) is 0 Å². The quantitative estimate of drug-likeness (QED) is 0.730. The lowest BCUT2D eigenvalue weighted by Gasteiger charge is -2.18. The van der Waals surface area contributed by atoms with Crippen molar-refractivity contribution in [2.24, 2.45) is 5.92 Å². The van der Waals surface area contributed by atoms with Crippen LogP contribution >= 0.6 is 15.9 Å². The molecule has 0 amide bonds.